The SMILES string of the molecule is CCC(=CCOC1CC(C)CC(C)C1)C(=O)O. The lowest BCUT2D eigenvalue weighted by atomic mass is 9.82. The molecule has 1 saturated carbocycles. The van der Waals surface area contributed by atoms with Crippen LogP contribution in [0.2, 0.25) is 0 Å². The molecule has 0 saturated heterocycles. The smallest absolute Gasteiger partial charge is 0.331 e. The fourth-order valence-electron chi connectivity index (χ4n) is 2.68. The molecule has 0 bridgehead atoms. The van der Waals surface area contributed by atoms with Crippen molar-refractivity contribution in [1.82, 2.24) is 0 Å². The lowest BCUT2D eigenvalue weighted by Gasteiger charge is -2.31. The number of carboxylic acid groups (broad SMARTS) is 1. The molecule has 0 heterocycles. The topological polar surface area (TPSA) is 46.5 Å². The summed E-state index contributed by atoms with van der Waals surface area (Å²) in [6.45, 7) is 6.80. The van der Waals surface area contributed by atoms with E-state index >= 15 is 0 Å². The summed E-state index contributed by atoms with van der Waals surface area (Å²) < 4.78 is 5.77. The zero-order valence-electron chi connectivity index (χ0n) is 11.1. The van der Waals surface area contributed by atoms with Gasteiger partial charge in [-0.2, -0.15) is 0 Å². The van der Waals surface area contributed by atoms with Crippen molar-refractivity contribution >= 4 is 5.97 Å². The fourth-order valence-corrected chi connectivity index (χ4v) is 2.68. The van der Waals surface area contributed by atoms with Crippen molar-refractivity contribution in [3.05, 3.63) is 11.6 Å². The summed E-state index contributed by atoms with van der Waals surface area (Å²) in [5.41, 5.74) is 0.446. The van der Waals surface area contributed by atoms with Gasteiger partial charge in [-0.15, -0.1) is 0 Å². The Morgan fingerprint density at radius 2 is 1.88 bits per heavy atom. The highest BCUT2D eigenvalue weighted by atomic mass is 16.5. The van der Waals surface area contributed by atoms with Gasteiger partial charge in [-0.05, 0) is 43.6 Å². The average molecular weight is 240 g/mol. The van der Waals surface area contributed by atoms with E-state index in [2.05, 4.69) is 13.8 Å². The molecule has 2 unspecified atom stereocenters. The van der Waals surface area contributed by atoms with Crippen LogP contribution in [-0.4, -0.2) is 23.8 Å². The molecule has 98 valence electrons. The Labute approximate surface area is 104 Å². The molecule has 0 aromatic heterocycles. The van der Waals surface area contributed by atoms with E-state index in [9.17, 15) is 4.79 Å². The first-order chi connectivity index (χ1) is 8.02. The van der Waals surface area contributed by atoms with Gasteiger partial charge in [-0.1, -0.05) is 20.8 Å². The van der Waals surface area contributed by atoms with E-state index in [4.69, 9.17) is 9.84 Å². The van der Waals surface area contributed by atoms with Crippen LogP contribution < -0.4 is 0 Å². The summed E-state index contributed by atoms with van der Waals surface area (Å²) in [7, 11) is 0. The first-order valence-corrected chi connectivity index (χ1v) is 6.56. The molecule has 1 aliphatic carbocycles. The summed E-state index contributed by atoms with van der Waals surface area (Å²) in [5, 5.41) is 8.87. The van der Waals surface area contributed by atoms with Crippen LogP contribution in [0.4, 0.5) is 0 Å². The van der Waals surface area contributed by atoms with Crippen molar-refractivity contribution in [2.75, 3.05) is 6.61 Å². The van der Waals surface area contributed by atoms with Crippen molar-refractivity contribution in [2.45, 2.75) is 52.6 Å². The third kappa shape index (κ3) is 4.90. The van der Waals surface area contributed by atoms with Gasteiger partial charge in [-0.3, -0.25) is 0 Å². The van der Waals surface area contributed by atoms with Crippen LogP contribution in [0.3, 0.4) is 0 Å². The predicted octanol–water partition coefficient (Wildman–Crippen LogP) is 3.25. The van der Waals surface area contributed by atoms with E-state index in [0.29, 0.717) is 24.7 Å². The molecule has 1 fully saturated rings. The lowest BCUT2D eigenvalue weighted by molar-refractivity contribution is -0.132. The Morgan fingerprint density at radius 3 is 2.35 bits per heavy atom. The number of hydrogen-bond donors (Lipinski definition) is 1. The van der Waals surface area contributed by atoms with Gasteiger partial charge < -0.3 is 9.84 Å². The number of carbonyl (C=O) groups is 1. The zero-order chi connectivity index (χ0) is 12.8. The van der Waals surface area contributed by atoms with Gasteiger partial charge in [0, 0.05) is 5.57 Å². The molecule has 3 heteroatoms. The number of ether oxygens (including phenoxy) is 1. The first kappa shape index (κ1) is 14.2. The number of rotatable bonds is 5. The number of hydrogen-bond acceptors (Lipinski definition) is 2. The molecule has 0 aromatic carbocycles. The summed E-state index contributed by atoms with van der Waals surface area (Å²) in [6, 6.07) is 0. The van der Waals surface area contributed by atoms with Gasteiger partial charge >= 0.3 is 5.97 Å². The monoisotopic (exact) mass is 240 g/mol. The molecule has 0 aromatic rings. The summed E-state index contributed by atoms with van der Waals surface area (Å²) in [4.78, 5) is 10.8. The van der Waals surface area contributed by atoms with Gasteiger partial charge in [0.05, 0.1) is 12.7 Å². The van der Waals surface area contributed by atoms with Crippen LogP contribution in [0.25, 0.3) is 0 Å². The van der Waals surface area contributed by atoms with Crippen molar-refractivity contribution in [3.8, 4) is 0 Å². The molecule has 0 radical (unpaired) electrons. The second kappa shape index (κ2) is 6.80. The van der Waals surface area contributed by atoms with Crippen LogP contribution in [0.1, 0.15) is 46.5 Å². The molecular formula is C14H24O3. The molecule has 17 heavy (non-hydrogen) atoms. The Hall–Kier alpha value is -0.830. The standard InChI is InChI=1S/C14H24O3/c1-4-12(14(15)16)5-6-17-13-8-10(2)7-11(3)9-13/h5,10-11,13H,4,6-9H2,1-3H3,(H,15,16). The number of aliphatic carboxylic acids is 1. The zero-order valence-corrected chi connectivity index (χ0v) is 11.1. The van der Waals surface area contributed by atoms with Crippen molar-refractivity contribution in [2.24, 2.45) is 11.8 Å². The van der Waals surface area contributed by atoms with Gasteiger partial charge in [0.1, 0.15) is 0 Å². The minimum atomic E-state index is -0.832. The van der Waals surface area contributed by atoms with Gasteiger partial charge in [0.25, 0.3) is 0 Å². The van der Waals surface area contributed by atoms with Gasteiger partial charge in [0.2, 0.25) is 0 Å². The van der Waals surface area contributed by atoms with Crippen LogP contribution in [0.15, 0.2) is 11.6 Å². The maximum absolute atomic E-state index is 10.8. The third-order valence-corrected chi connectivity index (χ3v) is 3.45. The van der Waals surface area contributed by atoms with Crippen molar-refractivity contribution < 1.29 is 14.6 Å². The lowest BCUT2D eigenvalue weighted by Crippen LogP contribution is -2.26. The Kier molecular flexibility index (Phi) is 5.69. The largest absolute Gasteiger partial charge is 0.478 e. The summed E-state index contributed by atoms with van der Waals surface area (Å²) in [6.07, 6.45) is 6.05. The molecule has 0 aliphatic heterocycles. The van der Waals surface area contributed by atoms with Crippen LogP contribution in [-0.2, 0) is 9.53 Å². The summed E-state index contributed by atoms with van der Waals surface area (Å²) in [5.74, 6) is 0.608. The molecule has 0 amide bonds. The highest BCUT2D eigenvalue weighted by Crippen LogP contribution is 2.30. The highest BCUT2D eigenvalue weighted by molar-refractivity contribution is 5.86. The Morgan fingerprint density at radius 1 is 1.29 bits per heavy atom. The molecule has 2 atom stereocenters. The predicted molar refractivity (Wildman–Crippen MR) is 67.9 cm³/mol. The van der Waals surface area contributed by atoms with Crippen molar-refractivity contribution in [3.63, 3.8) is 0 Å². The van der Waals surface area contributed by atoms with Crippen molar-refractivity contribution in [1.29, 1.82) is 0 Å². The minimum absolute atomic E-state index is 0.303. The maximum Gasteiger partial charge on any atom is 0.331 e. The van der Waals surface area contributed by atoms with Gasteiger partial charge in [-0.25, -0.2) is 4.79 Å². The summed E-state index contributed by atoms with van der Waals surface area (Å²) >= 11 is 0. The highest BCUT2D eigenvalue weighted by Gasteiger charge is 2.24. The molecule has 0 spiro atoms. The quantitative estimate of drug-likeness (QED) is 0.750. The molecule has 1 N–H and O–H groups in total. The Bertz CT molecular complexity index is 273. The van der Waals surface area contributed by atoms with Crippen LogP contribution >= 0.6 is 0 Å². The third-order valence-electron chi connectivity index (χ3n) is 3.45. The number of carboxylic acids is 1. The molecular weight excluding hydrogens is 216 g/mol. The van der Waals surface area contributed by atoms with E-state index in [1.807, 2.05) is 6.92 Å². The second-order valence-electron chi connectivity index (χ2n) is 5.26. The fraction of sp³-hybridized carbons (Fsp3) is 0.786. The second-order valence-corrected chi connectivity index (χ2v) is 5.26. The molecule has 1 aliphatic rings. The maximum atomic E-state index is 10.8. The molecule has 3 nitrogen and oxygen atoms in total. The van der Waals surface area contributed by atoms with E-state index in [-0.39, 0.29) is 0 Å². The normalized spacial score (nSPS) is 30.3. The van der Waals surface area contributed by atoms with E-state index in [1.54, 1.807) is 6.08 Å². The van der Waals surface area contributed by atoms with Crippen LogP contribution in [0, 0.1) is 11.8 Å². The van der Waals surface area contributed by atoms with Gasteiger partial charge in [0.15, 0.2) is 0 Å². The van der Waals surface area contributed by atoms with E-state index in [0.717, 1.165) is 24.7 Å². The van der Waals surface area contributed by atoms with E-state index < -0.39 is 5.97 Å². The average Bonchev–Trinajstić information content (AvgIpc) is 2.22. The Balaban J connectivity index is 2.37. The first-order valence-electron chi connectivity index (χ1n) is 6.56. The molecule has 1 rings (SSSR count). The van der Waals surface area contributed by atoms with E-state index in [1.165, 1.54) is 6.42 Å². The minimum Gasteiger partial charge on any atom is -0.478 e. The van der Waals surface area contributed by atoms with Crippen LogP contribution in [0.5, 0.6) is 0 Å².